The Morgan fingerprint density at radius 2 is 2.04 bits per heavy atom. The van der Waals surface area contributed by atoms with Gasteiger partial charge in [-0.05, 0) is 48.4 Å². The van der Waals surface area contributed by atoms with Crippen LogP contribution in [-0.2, 0) is 0 Å². The quantitative estimate of drug-likeness (QED) is 0.617. The van der Waals surface area contributed by atoms with Gasteiger partial charge in [-0.3, -0.25) is 0 Å². The number of fused-ring (bicyclic) bond motifs is 1. The number of ether oxygens (including phenoxy) is 1. The summed E-state index contributed by atoms with van der Waals surface area (Å²) < 4.78 is 11.2. The average Bonchev–Trinajstić information content (AvgIpc) is 3.33. The zero-order valence-corrected chi connectivity index (χ0v) is 15.5. The smallest absolute Gasteiger partial charge is 0.246 e. The summed E-state index contributed by atoms with van der Waals surface area (Å²) in [6, 6.07) is 11.9. The lowest BCUT2D eigenvalue weighted by Crippen LogP contribution is -2.21. The number of aliphatic hydroxyl groups is 1. The number of benzene rings is 2. The van der Waals surface area contributed by atoms with E-state index in [1.54, 1.807) is 0 Å². The summed E-state index contributed by atoms with van der Waals surface area (Å²) in [5.41, 5.74) is 0.890. The van der Waals surface area contributed by atoms with Crippen molar-refractivity contribution in [1.29, 1.82) is 0 Å². The number of hydrogen-bond acceptors (Lipinski definition) is 6. The third-order valence-electron chi connectivity index (χ3n) is 4.98. The number of aromatic nitrogens is 2. The van der Waals surface area contributed by atoms with Gasteiger partial charge in [0.2, 0.25) is 11.7 Å². The molecule has 0 radical (unpaired) electrons. The summed E-state index contributed by atoms with van der Waals surface area (Å²) in [7, 11) is 0. The Bertz CT molecular complexity index is 909. The molecule has 1 aromatic heterocycles. The molecule has 142 valence electrons. The van der Waals surface area contributed by atoms with Crippen LogP contribution in [0.1, 0.15) is 44.5 Å². The lowest BCUT2D eigenvalue weighted by atomic mass is 10.1. The van der Waals surface area contributed by atoms with E-state index in [0.29, 0.717) is 18.1 Å². The Hall–Kier alpha value is -2.44. The Balaban J connectivity index is 1.51. The first-order valence-electron chi connectivity index (χ1n) is 9.66. The lowest BCUT2D eigenvalue weighted by molar-refractivity contribution is 0.142. The van der Waals surface area contributed by atoms with Gasteiger partial charge in [0.1, 0.15) is 11.8 Å². The van der Waals surface area contributed by atoms with Crippen LogP contribution >= 0.6 is 0 Å². The van der Waals surface area contributed by atoms with Gasteiger partial charge in [0.25, 0.3) is 0 Å². The molecule has 4 rings (SSSR count). The number of nitrogens with zero attached hydrogens (tertiary/aromatic N) is 2. The normalized spacial score (nSPS) is 19.6. The van der Waals surface area contributed by atoms with Crippen molar-refractivity contribution in [3.63, 3.8) is 0 Å². The van der Waals surface area contributed by atoms with E-state index in [1.807, 2.05) is 24.3 Å². The van der Waals surface area contributed by atoms with E-state index in [0.717, 1.165) is 41.7 Å². The third kappa shape index (κ3) is 3.96. The predicted molar refractivity (Wildman–Crippen MR) is 104 cm³/mol. The number of hydrogen-bond donors (Lipinski definition) is 2. The van der Waals surface area contributed by atoms with Crippen LogP contribution in [0.4, 0.5) is 0 Å². The summed E-state index contributed by atoms with van der Waals surface area (Å²) >= 11 is 0. The van der Waals surface area contributed by atoms with Gasteiger partial charge in [-0.1, -0.05) is 43.1 Å². The maximum Gasteiger partial charge on any atom is 0.246 e. The highest BCUT2D eigenvalue weighted by Gasteiger charge is 2.31. The Labute approximate surface area is 158 Å². The van der Waals surface area contributed by atoms with Gasteiger partial charge < -0.3 is 19.7 Å². The molecule has 0 bridgehead atoms. The fourth-order valence-electron chi connectivity index (χ4n) is 3.41. The van der Waals surface area contributed by atoms with E-state index in [1.165, 1.54) is 12.8 Å². The van der Waals surface area contributed by atoms with Gasteiger partial charge in [-0.2, -0.15) is 4.98 Å². The van der Waals surface area contributed by atoms with Gasteiger partial charge in [0, 0.05) is 5.56 Å². The molecular weight excluding hydrogens is 342 g/mol. The molecule has 27 heavy (non-hydrogen) atoms. The molecule has 1 saturated heterocycles. The maximum atomic E-state index is 9.98. The second kappa shape index (κ2) is 8.06. The van der Waals surface area contributed by atoms with Crippen molar-refractivity contribution < 1.29 is 14.4 Å². The molecule has 2 aromatic carbocycles. The molecule has 0 spiro atoms. The first-order valence-corrected chi connectivity index (χ1v) is 9.66. The van der Waals surface area contributed by atoms with Crippen LogP contribution in [0.5, 0.6) is 5.75 Å². The minimum Gasteiger partial charge on any atom is -0.494 e. The molecule has 6 heteroatoms. The minimum atomic E-state index is -0.481. The highest BCUT2D eigenvalue weighted by Crippen LogP contribution is 2.28. The molecule has 0 saturated carbocycles. The first kappa shape index (κ1) is 17.9. The van der Waals surface area contributed by atoms with Crippen LogP contribution in [0.15, 0.2) is 40.9 Å². The number of nitrogens with one attached hydrogen (secondary N) is 1. The van der Waals surface area contributed by atoms with Crippen LogP contribution in [0, 0.1) is 0 Å². The van der Waals surface area contributed by atoms with E-state index in [2.05, 4.69) is 34.5 Å². The highest BCUT2D eigenvalue weighted by atomic mass is 16.5. The lowest BCUT2D eigenvalue weighted by Gasteiger charge is -2.08. The van der Waals surface area contributed by atoms with Gasteiger partial charge in [0.05, 0.1) is 12.7 Å². The molecule has 1 unspecified atom stereocenters. The molecule has 2 atom stereocenters. The van der Waals surface area contributed by atoms with Crippen LogP contribution in [0.3, 0.4) is 0 Å². The SMILES string of the molecule is CCCCCOc1ccc2cc(-c3noc(C4NCC[C@@H]4O)n3)ccc2c1. The molecule has 1 aliphatic rings. The Morgan fingerprint density at radius 1 is 1.19 bits per heavy atom. The van der Waals surface area contributed by atoms with Crippen LogP contribution in [0.25, 0.3) is 22.2 Å². The standard InChI is InChI=1S/C21H25N3O3/c1-2-3-4-11-26-17-8-7-14-12-16(6-5-15(14)13-17)20-23-21(27-24-20)19-18(25)9-10-22-19/h5-8,12-13,18-19,22,25H,2-4,9-11H2,1H3/t18-,19?/m0/s1. The minimum absolute atomic E-state index is 0.279. The molecule has 3 aromatic rings. The zero-order valence-electron chi connectivity index (χ0n) is 15.5. The predicted octanol–water partition coefficient (Wildman–Crippen LogP) is 3.85. The second-order valence-electron chi connectivity index (χ2n) is 7.02. The summed E-state index contributed by atoms with van der Waals surface area (Å²) in [5.74, 6) is 1.87. The fraction of sp³-hybridized carbons (Fsp3) is 0.429. The molecule has 0 aliphatic carbocycles. The Morgan fingerprint density at radius 3 is 2.85 bits per heavy atom. The van der Waals surface area contributed by atoms with E-state index < -0.39 is 6.10 Å². The van der Waals surface area contributed by atoms with E-state index in [4.69, 9.17) is 9.26 Å². The van der Waals surface area contributed by atoms with Crippen molar-refractivity contribution in [3.8, 4) is 17.1 Å². The van der Waals surface area contributed by atoms with Gasteiger partial charge in [-0.15, -0.1) is 0 Å². The van der Waals surface area contributed by atoms with Crippen LogP contribution in [0.2, 0.25) is 0 Å². The molecule has 2 heterocycles. The summed E-state index contributed by atoms with van der Waals surface area (Å²) in [6.45, 7) is 3.69. The molecule has 6 nitrogen and oxygen atoms in total. The van der Waals surface area contributed by atoms with Gasteiger partial charge >= 0.3 is 0 Å². The van der Waals surface area contributed by atoms with Crippen molar-refractivity contribution in [2.24, 2.45) is 0 Å². The van der Waals surface area contributed by atoms with Crippen molar-refractivity contribution in [2.45, 2.75) is 44.8 Å². The zero-order chi connectivity index (χ0) is 18.6. The number of unbranched alkanes of at least 4 members (excludes halogenated alkanes) is 2. The molecule has 1 fully saturated rings. The van der Waals surface area contributed by atoms with Crippen molar-refractivity contribution in [3.05, 3.63) is 42.3 Å². The van der Waals surface area contributed by atoms with E-state index in [-0.39, 0.29) is 6.04 Å². The second-order valence-corrected chi connectivity index (χ2v) is 7.02. The van der Waals surface area contributed by atoms with E-state index >= 15 is 0 Å². The third-order valence-corrected chi connectivity index (χ3v) is 4.98. The average molecular weight is 367 g/mol. The summed E-state index contributed by atoms with van der Waals surface area (Å²) in [6.07, 6.45) is 3.68. The van der Waals surface area contributed by atoms with Gasteiger partial charge in [0.15, 0.2) is 0 Å². The molecular formula is C21H25N3O3. The monoisotopic (exact) mass is 367 g/mol. The number of aliphatic hydroxyl groups excluding tert-OH is 1. The molecule has 2 N–H and O–H groups in total. The van der Waals surface area contributed by atoms with Crippen LogP contribution in [-0.4, -0.2) is 34.5 Å². The highest BCUT2D eigenvalue weighted by molar-refractivity contribution is 5.87. The molecule has 1 aliphatic heterocycles. The van der Waals surface area contributed by atoms with Crippen LogP contribution < -0.4 is 10.1 Å². The number of rotatable bonds is 7. The fourth-order valence-corrected chi connectivity index (χ4v) is 3.41. The van der Waals surface area contributed by atoms with Crippen molar-refractivity contribution in [1.82, 2.24) is 15.5 Å². The molecule has 0 amide bonds. The van der Waals surface area contributed by atoms with Gasteiger partial charge in [-0.25, -0.2) is 0 Å². The Kier molecular flexibility index (Phi) is 5.36. The summed E-state index contributed by atoms with van der Waals surface area (Å²) in [5, 5.41) is 19.5. The topological polar surface area (TPSA) is 80.4 Å². The first-order chi connectivity index (χ1) is 13.2. The van der Waals surface area contributed by atoms with Crippen molar-refractivity contribution in [2.75, 3.05) is 13.2 Å². The largest absolute Gasteiger partial charge is 0.494 e. The van der Waals surface area contributed by atoms with E-state index in [9.17, 15) is 5.11 Å². The summed E-state index contributed by atoms with van der Waals surface area (Å²) in [4.78, 5) is 4.47. The van der Waals surface area contributed by atoms with Crippen molar-refractivity contribution >= 4 is 10.8 Å². The maximum absolute atomic E-state index is 9.98.